The van der Waals surface area contributed by atoms with E-state index in [0.717, 1.165) is 43.7 Å². The quantitative estimate of drug-likeness (QED) is 0.415. The maximum atomic E-state index is 6.10. The molecule has 0 saturated carbocycles. The van der Waals surface area contributed by atoms with Gasteiger partial charge >= 0.3 is 0 Å². The molecule has 4 rings (SSSR count). The molecule has 0 aliphatic carbocycles. The van der Waals surface area contributed by atoms with E-state index in [1.165, 1.54) is 61.4 Å². The second-order valence-electron chi connectivity index (χ2n) is 8.60. The van der Waals surface area contributed by atoms with Crippen molar-refractivity contribution < 1.29 is 4.74 Å². The highest BCUT2D eigenvalue weighted by Gasteiger charge is 2.13. The molecule has 30 heavy (non-hydrogen) atoms. The number of unbranched alkanes of at least 4 members (excludes halogenated alkanes) is 1. The molecule has 1 aromatic heterocycles. The van der Waals surface area contributed by atoms with Crippen molar-refractivity contribution in [2.45, 2.75) is 58.9 Å². The number of rotatable bonds is 10. The first-order valence-corrected chi connectivity index (χ1v) is 11.6. The first-order chi connectivity index (χ1) is 14.7. The number of para-hydroxylation sites is 3. The van der Waals surface area contributed by atoms with Crippen LogP contribution in [0.25, 0.3) is 11.0 Å². The van der Waals surface area contributed by atoms with Crippen LogP contribution in [-0.2, 0) is 13.0 Å². The van der Waals surface area contributed by atoms with Crippen LogP contribution < -0.4 is 4.74 Å². The lowest BCUT2D eigenvalue weighted by Crippen LogP contribution is -2.21. The predicted molar refractivity (Wildman–Crippen MR) is 124 cm³/mol. The van der Waals surface area contributed by atoms with E-state index in [9.17, 15) is 0 Å². The lowest BCUT2D eigenvalue weighted by Gasteiger charge is -2.15. The number of benzene rings is 2. The summed E-state index contributed by atoms with van der Waals surface area (Å²) >= 11 is 0. The number of nitrogens with zero attached hydrogens (tertiary/aromatic N) is 3. The molecule has 0 amide bonds. The molecule has 2 heterocycles. The highest BCUT2D eigenvalue weighted by Crippen LogP contribution is 2.23. The van der Waals surface area contributed by atoms with E-state index in [1.54, 1.807) is 0 Å². The van der Waals surface area contributed by atoms with E-state index >= 15 is 0 Å². The predicted octanol–water partition coefficient (Wildman–Crippen LogP) is 5.54. The largest absolute Gasteiger partial charge is 0.493 e. The zero-order chi connectivity index (χ0) is 20.8. The molecule has 4 nitrogen and oxygen atoms in total. The third-order valence-corrected chi connectivity index (χ3v) is 6.24. The Bertz CT molecular complexity index is 936. The van der Waals surface area contributed by atoms with Crippen molar-refractivity contribution in [3.8, 4) is 5.75 Å². The molecule has 1 fully saturated rings. The van der Waals surface area contributed by atoms with Gasteiger partial charge in [-0.1, -0.05) is 30.3 Å². The van der Waals surface area contributed by atoms with Gasteiger partial charge in [-0.25, -0.2) is 4.98 Å². The van der Waals surface area contributed by atoms with Gasteiger partial charge in [0.2, 0.25) is 0 Å². The van der Waals surface area contributed by atoms with Crippen LogP contribution >= 0.6 is 0 Å². The van der Waals surface area contributed by atoms with Gasteiger partial charge < -0.3 is 14.2 Å². The molecule has 1 aliphatic heterocycles. The number of hydrogen-bond acceptors (Lipinski definition) is 3. The van der Waals surface area contributed by atoms with Crippen LogP contribution in [-0.4, -0.2) is 40.7 Å². The van der Waals surface area contributed by atoms with Gasteiger partial charge in [0.05, 0.1) is 17.6 Å². The van der Waals surface area contributed by atoms with Crippen molar-refractivity contribution in [2.24, 2.45) is 0 Å². The summed E-state index contributed by atoms with van der Waals surface area (Å²) in [6.07, 6.45) is 7.13. The van der Waals surface area contributed by atoms with Gasteiger partial charge in [0.25, 0.3) is 0 Å². The third kappa shape index (κ3) is 5.04. The molecule has 4 heteroatoms. The van der Waals surface area contributed by atoms with Crippen molar-refractivity contribution >= 4 is 11.0 Å². The van der Waals surface area contributed by atoms with E-state index < -0.39 is 0 Å². The molecule has 160 valence electrons. The Morgan fingerprint density at radius 2 is 1.63 bits per heavy atom. The molecular weight excluding hydrogens is 370 g/mol. The Morgan fingerprint density at radius 3 is 2.43 bits per heavy atom. The topological polar surface area (TPSA) is 30.3 Å². The van der Waals surface area contributed by atoms with Gasteiger partial charge in [0.15, 0.2) is 0 Å². The average Bonchev–Trinajstić information content (AvgIpc) is 3.38. The van der Waals surface area contributed by atoms with Crippen molar-refractivity contribution in [2.75, 3.05) is 26.2 Å². The SMILES string of the molecule is Cc1cccc(C)c1OCCCCn1c(CCCN2CCCC2)nc2ccccc21. The molecule has 1 aliphatic rings. The van der Waals surface area contributed by atoms with E-state index in [2.05, 4.69) is 65.8 Å². The van der Waals surface area contributed by atoms with Crippen LogP contribution in [0.2, 0.25) is 0 Å². The Kier molecular flexibility index (Phi) is 7.06. The smallest absolute Gasteiger partial charge is 0.125 e. The summed E-state index contributed by atoms with van der Waals surface area (Å²) in [7, 11) is 0. The van der Waals surface area contributed by atoms with Crippen LogP contribution in [0, 0.1) is 13.8 Å². The summed E-state index contributed by atoms with van der Waals surface area (Å²) < 4.78 is 8.54. The van der Waals surface area contributed by atoms with Crippen molar-refractivity contribution in [3.05, 3.63) is 59.4 Å². The first-order valence-electron chi connectivity index (χ1n) is 11.6. The average molecular weight is 406 g/mol. The molecule has 0 bridgehead atoms. The summed E-state index contributed by atoms with van der Waals surface area (Å²) in [6, 6.07) is 14.9. The molecule has 0 N–H and O–H groups in total. The molecule has 2 aromatic carbocycles. The Balaban J connectivity index is 1.33. The highest BCUT2D eigenvalue weighted by molar-refractivity contribution is 5.75. The lowest BCUT2D eigenvalue weighted by molar-refractivity contribution is 0.299. The minimum Gasteiger partial charge on any atom is -0.493 e. The molecule has 0 spiro atoms. The zero-order valence-electron chi connectivity index (χ0n) is 18.6. The fourth-order valence-corrected chi connectivity index (χ4v) is 4.61. The minimum atomic E-state index is 0.766. The second kappa shape index (κ2) is 10.1. The second-order valence-corrected chi connectivity index (χ2v) is 8.60. The summed E-state index contributed by atoms with van der Waals surface area (Å²) in [5, 5.41) is 0. The van der Waals surface area contributed by atoms with Crippen LogP contribution in [0.4, 0.5) is 0 Å². The standard InChI is InChI=1S/C26H35N3O/c1-21-11-9-12-22(2)26(21)30-20-8-7-19-29-24-14-4-3-13-23(24)27-25(29)15-10-18-28-16-5-6-17-28/h3-4,9,11-14H,5-8,10,15-20H2,1-2H3. The summed E-state index contributed by atoms with van der Waals surface area (Å²) in [5.74, 6) is 2.29. The molecular formula is C26H35N3O. The number of ether oxygens (including phenoxy) is 1. The van der Waals surface area contributed by atoms with E-state index in [4.69, 9.17) is 9.72 Å². The Hall–Kier alpha value is -2.33. The van der Waals surface area contributed by atoms with Crippen LogP contribution in [0.15, 0.2) is 42.5 Å². The van der Waals surface area contributed by atoms with Gasteiger partial charge in [0, 0.05) is 13.0 Å². The first kappa shape index (κ1) is 20.9. The number of aromatic nitrogens is 2. The normalized spacial score (nSPS) is 14.6. The minimum absolute atomic E-state index is 0.766. The van der Waals surface area contributed by atoms with E-state index in [0.29, 0.717) is 0 Å². The molecule has 3 aromatic rings. The van der Waals surface area contributed by atoms with Crippen molar-refractivity contribution in [1.82, 2.24) is 14.5 Å². The number of likely N-dealkylation sites (tertiary alicyclic amines) is 1. The Labute approximate surface area is 180 Å². The van der Waals surface area contributed by atoms with Crippen molar-refractivity contribution in [3.63, 3.8) is 0 Å². The summed E-state index contributed by atoms with van der Waals surface area (Å²) in [6.45, 7) is 9.77. The maximum Gasteiger partial charge on any atom is 0.125 e. The number of fused-ring (bicyclic) bond motifs is 1. The van der Waals surface area contributed by atoms with Crippen LogP contribution in [0.3, 0.4) is 0 Å². The van der Waals surface area contributed by atoms with Crippen LogP contribution in [0.1, 0.15) is 49.1 Å². The fourth-order valence-electron chi connectivity index (χ4n) is 4.61. The van der Waals surface area contributed by atoms with Gasteiger partial charge in [-0.3, -0.25) is 0 Å². The fraction of sp³-hybridized carbons (Fsp3) is 0.500. The number of aryl methyl sites for hydroxylation is 4. The van der Waals surface area contributed by atoms with Crippen LogP contribution in [0.5, 0.6) is 5.75 Å². The lowest BCUT2D eigenvalue weighted by atomic mass is 10.1. The molecule has 1 saturated heterocycles. The van der Waals surface area contributed by atoms with E-state index in [-0.39, 0.29) is 0 Å². The monoisotopic (exact) mass is 405 g/mol. The van der Waals surface area contributed by atoms with Gasteiger partial charge in [-0.05, 0) is 88.8 Å². The summed E-state index contributed by atoms with van der Waals surface area (Å²) in [5.41, 5.74) is 4.83. The third-order valence-electron chi connectivity index (χ3n) is 6.24. The number of imidazole rings is 1. The molecule has 0 radical (unpaired) electrons. The van der Waals surface area contributed by atoms with Crippen molar-refractivity contribution in [1.29, 1.82) is 0 Å². The maximum absolute atomic E-state index is 6.10. The number of hydrogen-bond donors (Lipinski definition) is 0. The van der Waals surface area contributed by atoms with Gasteiger partial charge in [0.1, 0.15) is 11.6 Å². The van der Waals surface area contributed by atoms with Gasteiger partial charge in [-0.2, -0.15) is 0 Å². The van der Waals surface area contributed by atoms with E-state index in [1.807, 2.05) is 0 Å². The Morgan fingerprint density at radius 1 is 0.867 bits per heavy atom. The molecule has 0 atom stereocenters. The highest BCUT2D eigenvalue weighted by atomic mass is 16.5. The zero-order valence-corrected chi connectivity index (χ0v) is 18.6. The van der Waals surface area contributed by atoms with Gasteiger partial charge in [-0.15, -0.1) is 0 Å². The summed E-state index contributed by atoms with van der Waals surface area (Å²) in [4.78, 5) is 7.55. The molecule has 0 unspecified atom stereocenters.